The van der Waals surface area contributed by atoms with Gasteiger partial charge in [-0.1, -0.05) is 18.2 Å². The second-order valence-corrected chi connectivity index (χ2v) is 11.2. The maximum Gasteiger partial charge on any atom is 0.362 e. The fourth-order valence-corrected chi connectivity index (χ4v) is 5.46. The lowest BCUT2D eigenvalue weighted by molar-refractivity contribution is 0.0702. The molecule has 0 spiro atoms. The normalized spacial score (nSPS) is 13.0. The third-order valence-electron chi connectivity index (χ3n) is 7.97. The molecule has 0 radical (unpaired) electrons. The van der Waals surface area contributed by atoms with Gasteiger partial charge in [0.2, 0.25) is 0 Å². The van der Waals surface area contributed by atoms with Crippen LogP contribution in [0.3, 0.4) is 0 Å². The van der Waals surface area contributed by atoms with E-state index < -0.39 is 5.97 Å². The summed E-state index contributed by atoms with van der Waals surface area (Å²) < 4.78 is 28.2. The summed E-state index contributed by atoms with van der Waals surface area (Å²) in [6, 6.07) is 20.4. The van der Waals surface area contributed by atoms with Gasteiger partial charge in [0.25, 0.3) is 5.91 Å². The summed E-state index contributed by atoms with van der Waals surface area (Å²) in [5.74, 6) is 2.38. The Morgan fingerprint density at radius 1 is 0.735 bits per heavy atom. The van der Waals surface area contributed by atoms with Gasteiger partial charge in [0.05, 0.1) is 32.3 Å². The number of pyridine rings is 2. The monoisotopic (exact) mass is 662 g/mol. The first kappa shape index (κ1) is 32.7. The van der Waals surface area contributed by atoms with Crippen molar-refractivity contribution >= 4 is 17.7 Å². The highest BCUT2D eigenvalue weighted by Gasteiger charge is 2.28. The molecule has 1 aliphatic heterocycles. The second kappa shape index (κ2) is 14.7. The Labute approximate surface area is 282 Å². The molecule has 5 aromatic rings. The minimum Gasteiger partial charge on any atom is -0.493 e. The Morgan fingerprint density at radius 3 is 1.92 bits per heavy atom. The Bertz CT molecular complexity index is 1950. The summed E-state index contributed by atoms with van der Waals surface area (Å²) in [7, 11) is 2.96. The molecule has 3 aromatic heterocycles. The van der Waals surface area contributed by atoms with E-state index in [0.29, 0.717) is 53.4 Å². The number of carbonyl (C=O) groups excluding carboxylic acids is 2. The lowest BCUT2D eigenvalue weighted by Gasteiger charge is -2.32. The van der Waals surface area contributed by atoms with Gasteiger partial charge < -0.3 is 34.3 Å². The molecule has 250 valence electrons. The van der Waals surface area contributed by atoms with Gasteiger partial charge in [-0.15, -0.1) is 5.10 Å². The molecule has 0 unspecified atom stereocenters. The number of methoxy groups -OCH3 is 2. The van der Waals surface area contributed by atoms with Crippen molar-refractivity contribution in [1.82, 2.24) is 25.1 Å². The van der Waals surface area contributed by atoms with E-state index in [0.717, 1.165) is 24.1 Å². The predicted octanol–water partition coefficient (Wildman–Crippen LogP) is 6.00. The predicted molar refractivity (Wildman–Crippen MR) is 179 cm³/mol. The van der Waals surface area contributed by atoms with E-state index in [4.69, 9.17) is 29.4 Å². The maximum atomic E-state index is 13.3. The average Bonchev–Trinajstić information content (AvgIpc) is 3.13. The van der Waals surface area contributed by atoms with Gasteiger partial charge in [0, 0.05) is 31.1 Å². The van der Waals surface area contributed by atoms with Crippen LogP contribution in [0.5, 0.6) is 40.2 Å². The first-order valence-electron chi connectivity index (χ1n) is 15.5. The molecule has 0 atom stereocenters. The van der Waals surface area contributed by atoms with Crippen LogP contribution in [0.15, 0.2) is 85.2 Å². The zero-order chi connectivity index (χ0) is 34.3. The molecule has 1 aliphatic rings. The van der Waals surface area contributed by atoms with Crippen molar-refractivity contribution in [3.05, 3.63) is 108 Å². The number of piperidine rings is 1. The zero-order valence-electron chi connectivity index (χ0n) is 27.2. The molecule has 1 saturated heterocycles. The van der Waals surface area contributed by atoms with E-state index in [-0.39, 0.29) is 29.0 Å². The highest BCUT2D eigenvalue weighted by molar-refractivity contribution is 5.93. The van der Waals surface area contributed by atoms with Crippen LogP contribution in [0, 0.1) is 6.92 Å². The second-order valence-electron chi connectivity index (χ2n) is 11.2. The molecule has 13 heteroatoms. The van der Waals surface area contributed by atoms with E-state index in [2.05, 4.69) is 20.2 Å². The first-order chi connectivity index (χ1) is 23.8. The standard InChI is InChI=1S/C36H34N6O7/c1-22-17-33(37)40-41-34(22)23-13-15-42(16-14-23)35(43)27-18-29(45-2)31(20-38-27)48-25-9-11-26(12-10-25)49-36(44)28-19-30(46-3)32(21-39-28)47-24-7-5-4-6-8-24/h4-12,17-21,23H,13-16H2,1-3H3,(H2,37,40). The SMILES string of the molecule is COc1cc(C(=O)Oc2ccc(Oc3cnc(C(=O)N4CCC(c5nnc(N)cc5C)CC4)cc3OC)cc2)ncc1Oc1ccccc1. The number of nitrogens with zero attached hydrogens (tertiary/aromatic N) is 5. The summed E-state index contributed by atoms with van der Waals surface area (Å²) in [6.45, 7) is 3.10. The largest absolute Gasteiger partial charge is 0.493 e. The zero-order valence-corrected chi connectivity index (χ0v) is 27.2. The van der Waals surface area contributed by atoms with Gasteiger partial charge >= 0.3 is 5.97 Å². The fourth-order valence-electron chi connectivity index (χ4n) is 5.46. The lowest BCUT2D eigenvalue weighted by Crippen LogP contribution is -2.38. The van der Waals surface area contributed by atoms with E-state index in [9.17, 15) is 9.59 Å². The van der Waals surface area contributed by atoms with E-state index in [1.807, 2.05) is 31.2 Å². The Hall–Kier alpha value is -6.24. The molecular formula is C36H34N6O7. The summed E-state index contributed by atoms with van der Waals surface area (Å²) >= 11 is 0. The molecular weight excluding hydrogens is 628 g/mol. The number of carbonyl (C=O) groups is 2. The molecule has 0 saturated carbocycles. The molecule has 1 amide bonds. The molecule has 2 N–H and O–H groups in total. The number of nitrogens with two attached hydrogens (primary N) is 1. The molecule has 2 aromatic carbocycles. The highest BCUT2D eigenvalue weighted by atomic mass is 16.5. The number of anilines is 1. The molecule has 6 rings (SSSR count). The number of rotatable bonds is 10. The van der Waals surface area contributed by atoms with Crippen LogP contribution < -0.4 is 29.4 Å². The number of esters is 1. The van der Waals surface area contributed by atoms with Gasteiger partial charge in [-0.3, -0.25) is 4.79 Å². The number of para-hydroxylation sites is 1. The Kier molecular flexibility index (Phi) is 9.79. The van der Waals surface area contributed by atoms with Gasteiger partial charge in [-0.25, -0.2) is 14.8 Å². The number of aromatic nitrogens is 4. The third-order valence-corrected chi connectivity index (χ3v) is 7.97. The number of amides is 1. The Balaban J connectivity index is 1.05. The molecule has 49 heavy (non-hydrogen) atoms. The van der Waals surface area contributed by atoms with Gasteiger partial charge in [-0.2, -0.15) is 5.10 Å². The van der Waals surface area contributed by atoms with Crippen molar-refractivity contribution in [3.8, 4) is 40.2 Å². The van der Waals surface area contributed by atoms with Crippen molar-refractivity contribution in [3.63, 3.8) is 0 Å². The molecule has 13 nitrogen and oxygen atoms in total. The topological polar surface area (TPSA) is 161 Å². The summed E-state index contributed by atoms with van der Waals surface area (Å²) in [5, 5.41) is 8.29. The molecule has 0 bridgehead atoms. The molecule has 1 fully saturated rings. The molecule has 4 heterocycles. The van der Waals surface area contributed by atoms with E-state index in [1.54, 1.807) is 47.4 Å². The average molecular weight is 663 g/mol. The summed E-state index contributed by atoms with van der Waals surface area (Å²) in [4.78, 5) is 36.5. The minimum absolute atomic E-state index is 0.0404. The smallest absolute Gasteiger partial charge is 0.362 e. The van der Waals surface area contributed by atoms with Crippen molar-refractivity contribution in [1.29, 1.82) is 0 Å². The van der Waals surface area contributed by atoms with Crippen LogP contribution in [-0.4, -0.2) is 64.3 Å². The van der Waals surface area contributed by atoms with Crippen molar-refractivity contribution in [2.45, 2.75) is 25.7 Å². The van der Waals surface area contributed by atoms with Crippen molar-refractivity contribution in [2.75, 3.05) is 33.0 Å². The summed E-state index contributed by atoms with van der Waals surface area (Å²) in [5.41, 5.74) is 7.97. The Morgan fingerprint density at radius 2 is 1.31 bits per heavy atom. The lowest BCUT2D eigenvalue weighted by atomic mass is 9.91. The summed E-state index contributed by atoms with van der Waals surface area (Å²) in [6.07, 6.45) is 4.37. The highest BCUT2D eigenvalue weighted by Crippen LogP contribution is 2.35. The van der Waals surface area contributed by atoms with Crippen LogP contribution in [-0.2, 0) is 0 Å². The van der Waals surface area contributed by atoms with Crippen LogP contribution >= 0.6 is 0 Å². The first-order valence-corrected chi connectivity index (χ1v) is 15.5. The number of ether oxygens (including phenoxy) is 5. The van der Waals surface area contributed by atoms with Gasteiger partial charge in [0.1, 0.15) is 28.8 Å². The van der Waals surface area contributed by atoms with Crippen LogP contribution in [0.25, 0.3) is 0 Å². The number of aryl methyl sites for hydroxylation is 1. The molecule has 0 aliphatic carbocycles. The van der Waals surface area contributed by atoms with Crippen LogP contribution in [0.1, 0.15) is 51.0 Å². The maximum absolute atomic E-state index is 13.3. The van der Waals surface area contributed by atoms with E-state index in [1.165, 1.54) is 32.7 Å². The van der Waals surface area contributed by atoms with Crippen molar-refractivity contribution in [2.24, 2.45) is 0 Å². The number of hydrogen-bond acceptors (Lipinski definition) is 12. The number of benzene rings is 2. The number of hydrogen-bond donors (Lipinski definition) is 1. The van der Waals surface area contributed by atoms with Crippen molar-refractivity contribution < 1.29 is 33.3 Å². The van der Waals surface area contributed by atoms with E-state index >= 15 is 0 Å². The minimum atomic E-state index is -0.678. The number of likely N-dealkylation sites (tertiary alicyclic amines) is 1. The quantitative estimate of drug-likeness (QED) is 0.137. The van der Waals surface area contributed by atoms with Gasteiger partial charge in [-0.05, 0) is 67.8 Å². The van der Waals surface area contributed by atoms with Crippen LogP contribution in [0.4, 0.5) is 5.82 Å². The fraction of sp³-hybridized carbons (Fsp3) is 0.222. The number of nitrogen functional groups attached to an aromatic ring is 1. The third kappa shape index (κ3) is 7.67. The van der Waals surface area contributed by atoms with Gasteiger partial charge in [0.15, 0.2) is 28.7 Å². The van der Waals surface area contributed by atoms with Crippen LogP contribution in [0.2, 0.25) is 0 Å².